The normalized spacial score (nSPS) is 16.1. The van der Waals surface area contributed by atoms with E-state index in [4.69, 9.17) is 10.5 Å². The SMILES string of the molecule is COc1ccc(S(=O)(=O)N(CC(N)=O)C2CCCC2)c(C)c1. The van der Waals surface area contributed by atoms with Crippen molar-refractivity contribution in [1.29, 1.82) is 0 Å². The Balaban J connectivity index is 2.41. The van der Waals surface area contributed by atoms with E-state index in [-0.39, 0.29) is 17.5 Å². The van der Waals surface area contributed by atoms with Gasteiger partial charge in [-0.3, -0.25) is 4.79 Å². The number of rotatable bonds is 6. The molecule has 6 nitrogen and oxygen atoms in total. The van der Waals surface area contributed by atoms with E-state index in [2.05, 4.69) is 0 Å². The Bertz CT molecular complexity index is 652. The second-order valence-electron chi connectivity index (χ2n) is 5.59. The third-order valence-corrected chi connectivity index (χ3v) is 6.07. The average molecular weight is 326 g/mol. The first kappa shape index (κ1) is 16.8. The molecule has 2 rings (SSSR count). The summed E-state index contributed by atoms with van der Waals surface area (Å²) >= 11 is 0. The van der Waals surface area contributed by atoms with Gasteiger partial charge in [-0.05, 0) is 43.5 Å². The molecule has 0 heterocycles. The van der Waals surface area contributed by atoms with Crippen molar-refractivity contribution in [3.8, 4) is 5.75 Å². The fourth-order valence-electron chi connectivity index (χ4n) is 2.92. The van der Waals surface area contributed by atoms with Crippen molar-refractivity contribution in [3.63, 3.8) is 0 Å². The third kappa shape index (κ3) is 3.41. The number of carbonyl (C=O) groups excluding carboxylic acids is 1. The molecule has 122 valence electrons. The van der Waals surface area contributed by atoms with Gasteiger partial charge in [0.25, 0.3) is 0 Å². The van der Waals surface area contributed by atoms with Crippen LogP contribution in [0.3, 0.4) is 0 Å². The summed E-state index contributed by atoms with van der Waals surface area (Å²) in [5, 5.41) is 0. The molecule has 22 heavy (non-hydrogen) atoms. The monoisotopic (exact) mass is 326 g/mol. The summed E-state index contributed by atoms with van der Waals surface area (Å²) in [5.74, 6) is -0.0413. The molecule has 7 heteroatoms. The molecule has 1 aromatic carbocycles. The summed E-state index contributed by atoms with van der Waals surface area (Å²) in [6.07, 6.45) is 3.47. The molecule has 0 atom stereocenters. The Morgan fingerprint density at radius 3 is 2.50 bits per heavy atom. The summed E-state index contributed by atoms with van der Waals surface area (Å²) in [6.45, 7) is 1.44. The lowest BCUT2D eigenvalue weighted by Crippen LogP contribution is -2.44. The molecule has 0 spiro atoms. The number of primary amides is 1. The minimum Gasteiger partial charge on any atom is -0.497 e. The highest BCUT2D eigenvalue weighted by Gasteiger charge is 2.35. The molecule has 1 amide bonds. The van der Waals surface area contributed by atoms with Gasteiger partial charge in [0.2, 0.25) is 15.9 Å². The lowest BCUT2D eigenvalue weighted by atomic mass is 10.2. The number of methoxy groups -OCH3 is 1. The van der Waals surface area contributed by atoms with Crippen molar-refractivity contribution >= 4 is 15.9 Å². The molecular formula is C15H22N2O4S. The van der Waals surface area contributed by atoms with Gasteiger partial charge in [-0.15, -0.1) is 0 Å². The van der Waals surface area contributed by atoms with Crippen LogP contribution in [-0.4, -0.2) is 38.3 Å². The second kappa shape index (κ2) is 6.66. The number of benzene rings is 1. The zero-order valence-corrected chi connectivity index (χ0v) is 13.7. The lowest BCUT2D eigenvalue weighted by Gasteiger charge is -2.27. The maximum Gasteiger partial charge on any atom is 0.244 e. The van der Waals surface area contributed by atoms with Gasteiger partial charge in [0, 0.05) is 6.04 Å². The number of aryl methyl sites for hydroxylation is 1. The third-order valence-electron chi connectivity index (χ3n) is 4.01. The second-order valence-corrected chi connectivity index (χ2v) is 7.45. The van der Waals surface area contributed by atoms with Crippen LogP contribution in [-0.2, 0) is 14.8 Å². The molecule has 0 unspecified atom stereocenters. The average Bonchev–Trinajstić information content (AvgIpc) is 2.97. The van der Waals surface area contributed by atoms with E-state index >= 15 is 0 Å². The van der Waals surface area contributed by atoms with Crippen LogP contribution >= 0.6 is 0 Å². The zero-order valence-electron chi connectivity index (χ0n) is 12.9. The predicted octanol–water partition coefficient (Wildman–Crippen LogP) is 1.42. The van der Waals surface area contributed by atoms with Crippen LogP contribution in [0, 0.1) is 6.92 Å². The summed E-state index contributed by atoms with van der Waals surface area (Å²) in [4.78, 5) is 11.5. The van der Waals surface area contributed by atoms with Crippen molar-refractivity contribution in [2.45, 2.75) is 43.5 Å². The van der Waals surface area contributed by atoms with Crippen LogP contribution in [0.25, 0.3) is 0 Å². The number of ether oxygens (including phenoxy) is 1. The molecule has 0 saturated heterocycles. The highest BCUT2D eigenvalue weighted by molar-refractivity contribution is 7.89. The molecule has 1 aromatic rings. The lowest BCUT2D eigenvalue weighted by molar-refractivity contribution is -0.118. The van der Waals surface area contributed by atoms with Gasteiger partial charge in [-0.2, -0.15) is 4.31 Å². The van der Waals surface area contributed by atoms with Gasteiger partial charge >= 0.3 is 0 Å². The number of hydrogen-bond acceptors (Lipinski definition) is 4. The highest BCUT2D eigenvalue weighted by Crippen LogP contribution is 2.30. The maximum atomic E-state index is 13.0. The van der Waals surface area contributed by atoms with Crippen LogP contribution in [0.4, 0.5) is 0 Å². The van der Waals surface area contributed by atoms with Crippen molar-refractivity contribution in [2.75, 3.05) is 13.7 Å². The molecule has 0 aromatic heterocycles. The summed E-state index contributed by atoms with van der Waals surface area (Å²) < 4.78 is 32.3. The first-order valence-corrected chi connectivity index (χ1v) is 8.75. The van der Waals surface area contributed by atoms with Gasteiger partial charge in [0.1, 0.15) is 5.75 Å². The summed E-state index contributed by atoms with van der Waals surface area (Å²) in [7, 11) is -2.23. The van der Waals surface area contributed by atoms with E-state index in [0.717, 1.165) is 25.7 Å². The topological polar surface area (TPSA) is 89.7 Å². The molecule has 2 N–H and O–H groups in total. The van der Waals surface area contributed by atoms with E-state index < -0.39 is 15.9 Å². The molecule has 1 saturated carbocycles. The van der Waals surface area contributed by atoms with Gasteiger partial charge in [0.15, 0.2) is 0 Å². The van der Waals surface area contributed by atoms with E-state index in [0.29, 0.717) is 11.3 Å². The van der Waals surface area contributed by atoms with Crippen LogP contribution in [0.15, 0.2) is 23.1 Å². The Labute approximate surface area is 131 Å². The van der Waals surface area contributed by atoms with Crippen LogP contribution in [0.1, 0.15) is 31.2 Å². The number of hydrogen-bond donors (Lipinski definition) is 1. The number of nitrogens with zero attached hydrogens (tertiary/aromatic N) is 1. The summed E-state index contributed by atoms with van der Waals surface area (Å²) in [5.41, 5.74) is 5.84. The molecule has 0 bridgehead atoms. The fraction of sp³-hybridized carbons (Fsp3) is 0.533. The molecule has 1 aliphatic rings. The van der Waals surface area contributed by atoms with Crippen molar-refractivity contribution in [1.82, 2.24) is 4.31 Å². The largest absolute Gasteiger partial charge is 0.497 e. The van der Waals surface area contributed by atoms with Gasteiger partial charge in [0.05, 0.1) is 18.6 Å². The van der Waals surface area contributed by atoms with E-state index in [1.165, 1.54) is 17.5 Å². The fourth-order valence-corrected chi connectivity index (χ4v) is 4.78. The van der Waals surface area contributed by atoms with Crippen LogP contribution in [0.2, 0.25) is 0 Å². The highest BCUT2D eigenvalue weighted by atomic mass is 32.2. The quantitative estimate of drug-likeness (QED) is 0.856. The standard InChI is InChI=1S/C15H22N2O4S/c1-11-9-13(21-2)7-8-14(11)22(19,20)17(10-15(16)18)12-5-3-4-6-12/h7-9,12H,3-6,10H2,1-2H3,(H2,16,18). The first-order chi connectivity index (χ1) is 10.4. The Morgan fingerprint density at radius 1 is 1.36 bits per heavy atom. The van der Waals surface area contributed by atoms with Crippen molar-refractivity contribution in [2.24, 2.45) is 5.73 Å². The minimum absolute atomic E-state index is 0.154. The molecule has 1 fully saturated rings. The van der Waals surface area contributed by atoms with Crippen LogP contribution in [0.5, 0.6) is 5.75 Å². The molecular weight excluding hydrogens is 304 g/mol. The number of sulfonamides is 1. The van der Waals surface area contributed by atoms with Gasteiger partial charge in [-0.1, -0.05) is 12.8 Å². The van der Waals surface area contributed by atoms with Crippen LogP contribution < -0.4 is 10.5 Å². The predicted molar refractivity (Wildman–Crippen MR) is 83.1 cm³/mol. The number of nitrogens with two attached hydrogens (primary N) is 1. The minimum atomic E-state index is -3.76. The Hall–Kier alpha value is -1.60. The molecule has 0 aliphatic heterocycles. The van der Waals surface area contributed by atoms with E-state index in [9.17, 15) is 13.2 Å². The number of amides is 1. The maximum absolute atomic E-state index is 13.0. The molecule has 1 aliphatic carbocycles. The van der Waals surface area contributed by atoms with Gasteiger partial charge < -0.3 is 10.5 Å². The smallest absolute Gasteiger partial charge is 0.244 e. The van der Waals surface area contributed by atoms with Gasteiger partial charge in [-0.25, -0.2) is 8.42 Å². The Morgan fingerprint density at radius 2 is 2.00 bits per heavy atom. The Kier molecular flexibility index (Phi) is 5.08. The molecule has 0 radical (unpaired) electrons. The van der Waals surface area contributed by atoms with Crippen molar-refractivity contribution in [3.05, 3.63) is 23.8 Å². The summed E-state index contributed by atoms with van der Waals surface area (Å²) in [6, 6.07) is 4.65. The number of carbonyl (C=O) groups is 1. The zero-order chi connectivity index (χ0) is 16.3. The van der Waals surface area contributed by atoms with E-state index in [1.54, 1.807) is 19.1 Å². The first-order valence-electron chi connectivity index (χ1n) is 7.31. The van der Waals surface area contributed by atoms with Crippen molar-refractivity contribution < 1.29 is 17.9 Å². The van der Waals surface area contributed by atoms with E-state index in [1.807, 2.05) is 0 Å².